The molecule has 2 aromatic carbocycles. The molecule has 0 bridgehead atoms. The first-order valence-corrected chi connectivity index (χ1v) is 7.71. The van der Waals surface area contributed by atoms with E-state index in [9.17, 15) is 13.6 Å². The molecule has 0 saturated heterocycles. The van der Waals surface area contributed by atoms with Crippen LogP contribution in [0.15, 0.2) is 42.5 Å². The van der Waals surface area contributed by atoms with Gasteiger partial charge in [-0.25, -0.2) is 13.6 Å². The van der Waals surface area contributed by atoms with Crippen LogP contribution in [0.4, 0.5) is 19.3 Å². The SMILES string of the molecule is CCN(C(=O)NCCOc1ccc(F)c(F)c1)c1cccc(C)c1. The molecule has 0 atom stereocenters. The van der Waals surface area contributed by atoms with Crippen LogP contribution in [-0.4, -0.2) is 25.7 Å². The highest BCUT2D eigenvalue weighted by atomic mass is 19.2. The summed E-state index contributed by atoms with van der Waals surface area (Å²) >= 11 is 0. The third-order valence-electron chi connectivity index (χ3n) is 3.41. The Bertz CT molecular complexity index is 707. The summed E-state index contributed by atoms with van der Waals surface area (Å²) in [6.45, 7) is 4.78. The number of urea groups is 1. The van der Waals surface area contributed by atoms with Crippen molar-refractivity contribution in [3.05, 3.63) is 59.7 Å². The number of hydrogen-bond donors (Lipinski definition) is 1. The first-order valence-electron chi connectivity index (χ1n) is 7.71. The number of nitrogens with one attached hydrogen (secondary N) is 1. The zero-order valence-electron chi connectivity index (χ0n) is 13.7. The number of amides is 2. The number of ether oxygens (including phenoxy) is 1. The maximum atomic E-state index is 13.1. The summed E-state index contributed by atoms with van der Waals surface area (Å²) in [6, 6.07) is 10.7. The molecule has 2 amide bonds. The molecule has 4 nitrogen and oxygen atoms in total. The van der Waals surface area contributed by atoms with Crippen molar-refractivity contribution >= 4 is 11.7 Å². The van der Waals surface area contributed by atoms with E-state index in [2.05, 4.69) is 5.32 Å². The number of benzene rings is 2. The van der Waals surface area contributed by atoms with E-state index in [1.54, 1.807) is 4.90 Å². The lowest BCUT2D eigenvalue weighted by Crippen LogP contribution is -2.41. The molecule has 0 aliphatic heterocycles. The molecule has 0 unspecified atom stereocenters. The van der Waals surface area contributed by atoms with Crippen LogP contribution in [0, 0.1) is 18.6 Å². The van der Waals surface area contributed by atoms with Gasteiger partial charge in [0.1, 0.15) is 12.4 Å². The van der Waals surface area contributed by atoms with Gasteiger partial charge in [0.05, 0.1) is 6.54 Å². The van der Waals surface area contributed by atoms with Gasteiger partial charge in [-0.3, -0.25) is 4.90 Å². The molecule has 0 aliphatic carbocycles. The number of anilines is 1. The summed E-state index contributed by atoms with van der Waals surface area (Å²) in [6.07, 6.45) is 0. The van der Waals surface area contributed by atoms with E-state index in [4.69, 9.17) is 4.74 Å². The highest BCUT2D eigenvalue weighted by Gasteiger charge is 2.13. The van der Waals surface area contributed by atoms with Crippen LogP contribution in [0.25, 0.3) is 0 Å². The Balaban J connectivity index is 1.84. The molecule has 6 heteroatoms. The van der Waals surface area contributed by atoms with Gasteiger partial charge in [0.15, 0.2) is 11.6 Å². The molecule has 2 rings (SSSR count). The van der Waals surface area contributed by atoms with Gasteiger partial charge in [0, 0.05) is 18.3 Å². The topological polar surface area (TPSA) is 41.6 Å². The molecule has 1 N–H and O–H groups in total. The summed E-state index contributed by atoms with van der Waals surface area (Å²) in [4.78, 5) is 13.9. The van der Waals surface area contributed by atoms with E-state index in [0.29, 0.717) is 6.54 Å². The van der Waals surface area contributed by atoms with Gasteiger partial charge in [-0.2, -0.15) is 0 Å². The van der Waals surface area contributed by atoms with Crippen LogP contribution < -0.4 is 15.0 Å². The number of aryl methyl sites for hydroxylation is 1. The van der Waals surface area contributed by atoms with Crippen LogP contribution >= 0.6 is 0 Å². The Labute approximate surface area is 140 Å². The first-order chi connectivity index (χ1) is 11.5. The van der Waals surface area contributed by atoms with Crippen molar-refractivity contribution < 1.29 is 18.3 Å². The minimum Gasteiger partial charge on any atom is -0.492 e. The second-order valence-electron chi connectivity index (χ2n) is 5.24. The van der Waals surface area contributed by atoms with Crippen molar-refractivity contribution in [1.82, 2.24) is 5.32 Å². The Morgan fingerprint density at radius 3 is 2.62 bits per heavy atom. The van der Waals surface area contributed by atoms with Gasteiger partial charge in [-0.15, -0.1) is 0 Å². The number of carbonyl (C=O) groups excluding carboxylic acids is 1. The minimum atomic E-state index is -0.965. The highest BCUT2D eigenvalue weighted by molar-refractivity contribution is 5.91. The maximum Gasteiger partial charge on any atom is 0.321 e. The molecule has 0 fully saturated rings. The van der Waals surface area contributed by atoms with Crippen molar-refractivity contribution in [2.45, 2.75) is 13.8 Å². The van der Waals surface area contributed by atoms with Crippen molar-refractivity contribution in [1.29, 1.82) is 0 Å². The monoisotopic (exact) mass is 334 g/mol. The van der Waals surface area contributed by atoms with E-state index in [0.717, 1.165) is 23.4 Å². The Kier molecular flexibility index (Phi) is 6.12. The maximum absolute atomic E-state index is 13.1. The normalized spacial score (nSPS) is 10.3. The summed E-state index contributed by atoms with van der Waals surface area (Å²) in [5, 5.41) is 2.74. The second-order valence-corrected chi connectivity index (χ2v) is 5.24. The first kappa shape index (κ1) is 17.7. The number of hydrogen-bond acceptors (Lipinski definition) is 2. The summed E-state index contributed by atoms with van der Waals surface area (Å²) in [7, 11) is 0. The van der Waals surface area contributed by atoms with E-state index in [1.165, 1.54) is 6.07 Å². The van der Waals surface area contributed by atoms with E-state index in [1.807, 2.05) is 38.1 Å². The van der Waals surface area contributed by atoms with Crippen LogP contribution in [0.3, 0.4) is 0 Å². The summed E-state index contributed by atoms with van der Waals surface area (Å²) in [5.74, 6) is -1.67. The fourth-order valence-electron chi connectivity index (χ4n) is 2.23. The molecular formula is C18H20F2N2O2. The number of halogens is 2. The summed E-state index contributed by atoms with van der Waals surface area (Å²) in [5.41, 5.74) is 1.89. The molecule has 0 radical (unpaired) electrons. The van der Waals surface area contributed by atoms with Crippen molar-refractivity contribution in [3.63, 3.8) is 0 Å². The minimum absolute atomic E-state index is 0.155. The predicted octanol–water partition coefficient (Wildman–Crippen LogP) is 3.89. The quantitative estimate of drug-likeness (QED) is 0.815. The van der Waals surface area contributed by atoms with Gasteiger partial charge in [-0.1, -0.05) is 12.1 Å². The zero-order chi connectivity index (χ0) is 17.5. The standard InChI is InChI=1S/C18H20F2N2O2/c1-3-22(14-6-4-5-13(2)11-14)18(23)21-9-10-24-15-7-8-16(19)17(20)12-15/h4-8,11-12H,3,9-10H2,1-2H3,(H,21,23). The lowest BCUT2D eigenvalue weighted by Gasteiger charge is -2.22. The van der Waals surface area contributed by atoms with Crippen LogP contribution in [0.1, 0.15) is 12.5 Å². The van der Waals surface area contributed by atoms with Gasteiger partial charge in [-0.05, 0) is 43.7 Å². The molecule has 0 heterocycles. The van der Waals surface area contributed by atoms with E-state index < -0.39 is 11.6 Å². The smallest absolute Gasteiger partial charge is 0.321 e. The molecule has 0 saturated carbocycles. The predicted molar refractivity (Wildman–Crippen MR) is 89.5 cm³/mol. The number of rotatable bonds is 6. The molecule has 0 aliphatic rings. The van der Waals surface area contributed by atoms with Crippen molar-refractivity contribution in [2.24, 2.45) is 0 Å². The van der Waals surface area contributed by atoms with Gasteiger partial charge in [0.25, 0.3) is 0 Å². The van der Waals surface area contributed by atoms with Crippen LogP contribution in [0.5, 0.6) is 5.75 Å². The zero-order valence-corrected chi connectivity index (χ0v) is 13.7. The highest BCUT2D eigenvalue weighted by Crippen LogP contribution is 2.16. The molecular weight excluding hydrogens is 314 g/mol. The lowest BCUT2D eigenvalue weighted by atomic mass is 10.2. The largest absolute Gasteiger partial charge is 0.492 e. The van der Waals surface area contributed by atoms with Gasteiger partial charge >= 0.3 is 6.03 Å². The van der Waals surface area contributed by atoms with Crippen molar-refractivity contribution in [3.8, 4) is 5.75 Å². The van der Waals surface area contributed by atoms with E-state index >= 15 is 0 Å². The van der Waals surface area contributed by atoms with Crippen molar-refractivity contribution in [2.75, 3.05) is 24.6 Å². The fraction of sp³-hybridized carbons (Fsp3) is 0.278. The summed E-state index contributed by atoms with van der Waals surface area (Å²) < 4.78 is 31.2. The van der Waals surface area contributed by atoms with Crippen LogP contribution in [-0.2, 0) is 0 Å². The third kappa shape index (κ3) is 4.68. The van der Waals surface area contributed by atoms with Crippen LogP contribution in [0.2, 0.25) is 0 Å². The number of carbonyl (C=O) groups is 1. The van der Waals surface area contributed by atoms with Gasteiger partial charge in [0.2, 0.25) is 0 Å². The Morgan fingerprint density at radius 1 is 1.17 bits per heavy atom. The van der Waals surface area contributed by atoms with E-state index in [-0.39, 0.29) is 24.9 Å². The Morgan fingerprint density at radius 2 is 1.96 bits per heavy atom. The molecule has 0 aromatic heterocycles. The second kappa shape index (κ2) is 8.29. The Hall–Kier alpha value is -2.63. The number of nitrogens with zero attached hydrogens (tertiary/aromatic N) is 1. The third-order valence-corrected chi connectivity index (χ3v) is 3.41. The average Bonchev–Trinajstić information content (AvgIpc) is 2.55. The molecule has 2 aromatic rings. The lowest BCUT2D eigenvalue weighted by molar-refractivity contribution is 0.242. The average molecular weight is 334 g/mol. The van der Waals surface area contributed by atoms with Gasteiger partial charge < -0.3 is 10.1 Å². The molecule has 24 heavy (non-hydrogen) atoms. The fourth-order valence-corrected chi connectivity index (χ4v) is 2.23. The molecule has 0 spiro atoms. The molecule has 128 valence electrons.